The molecular weight excluding hydrogens is 360 g/mol. The molecule has 1 aromatic heterocycles. The molecule has 1 N–H and O–H groups in total. The van der Waals surface area contributed by atoms with Crippen LogP contribution in [0.3, 0.4) is 0 Å². The number of hydrogen-bond acceptors (Lipinski definition) is 4. The zero-order valence-corrected chi connectivity index (χ0v) is 15.3. The second-order valence-corrected chi connectivity index (χ2v) is 7.45. The molecule has 0 spiro atoms. The number of hydrogen-bond donors (Lipinski definition) is 1. The quantitative estimate of drug-likeness (QED) is 0.641. The molecule has 0 unspecified atom stereocenters. The largest absolute Gasteiger partial charge is 0.481 e. The lowest BCUT2D eigenvalue weighted by atomic mass is 10.1. The van der Waals surface area contributed by atoms with Crippen molar-refractivity contribution in [1.82, 2.24) is 9.71 Å². The van der Waals surface area contributed by atoms with Crippen molar-refractivity contribution >= 4 is 10.0 Å². The van der Waals surface area contributed by atoms with Gasteiger partial charge in [-0.25, -0.2) is 13.1 Å². The Morgan fingerprint density at radius 1 is 0.963 bits per heavy atom. The molecule has 3 aromatic rings. The van der Waals surface area contributed by atoms with Crippen molar-refractivity contribution in [3.05, 3.63) is 78.6 Å². The highest BCUT2D eigenvalue weighted by molar-refractivity contribution is 7.89. The van der Waals surface area contributed by atoms with Crippen LogP contribution < -0.4 is 9.46 Å². The van der Waals surface area contributed by atoms with Crippen molar-refractivity contribution in [2.45, 2.75) is 11.4 Å². The van der Waals surface area contributed by atoms with Gasteiger partial charge in [0.2, 0.25) is 10.0 Å². The Morgan fingerprint density at radius 2 is 1.63 bits per heavy atom. The zero-order chi connectivity index (χ0) is 19.1. The summed E-state index contributed by atoms with van der Waals surface area (Å²) in [5, 5.41) is 0. The smallest absolute Gasteiger partial charge is 0.240 e. The molecule has 0 bridgehead atoms. The van der Waals surface area contributed by atoms with E-state index < -0.39 is 10.0 Å². The summed E-state index contributed by atoms with van der Waals surface area (Å²) >= 11 is 0. The molecule has 2 aromatic carbocycles. The molecule has 0 fully saturated rings. The fraction of sp³-hybridized carbons (Fsp3) is 0.0952. The number of nitrogens with zero attached hydrogens (tertiary/aromatic N) is 1. The fourth-order valence-electron chi connectivity index (χ4n) is 2.45. The molecule has 1 heterocycles. The van der Waals surface area contributed by atoms with E-state index >= 15 is 0 Å². The van der Waals surface area contributed by atoms with Gasteiger partial charge in [-0.2, -0.15) is 0 Å². The van der Waals surface area contributed by atoms with E-state index in [-0.39, 0.29) is 18.0 Å². The van der Waals surface area contributed by atoms with Crippen LogP contribution in [0.1, 0.15) is 5.69 Å². The van der Waals surface area contributed by atoms with E-state index in [1.807, 2.05) is 30.3 Å². The van der Waals surface area contributed by atoms with Gasteiger partial charge in [0.05, 0.1) is 17.1 Å². The van der Waals surface area contributed by atoms with E-state index in [0.717, 1.165) is 11.1 Å². The van der Waals surface area contributed by atoms with Crippen LogP contribution >= 0.6 is 0 Å². The van der Waals surface area contributed by atoms with Crippen molar-refractivity contribution in [3.63, 3.8) is 0 Å². The van der Waals surface area contributed by atoms with Crippen molar-refractivity contribution in [1.29, 1.82) is 0 Å². The lowest BCUT2D eigenvalue weighted by Crippen LogP contribution is -2.23. The first-order valence-electron chi connectivity index (χ1n) is 8.25. The molecule has 0 amide bonds. The highest BCUT2D eigenvalue weighted by Gasteiger charge is 2.14. The van der Waals surface area contributed by atoms with Crippen LogP contribution in [-0.2, 0) is 16.6 Å². The minimum absolute atomic E-state index is 0.143. The van der Waals surface area contributed by atoms with Crippen LogP contribution in [0.15, 0.2) is 77.8 Å². The van der Waals surface area contributed by atoms with Crippen LogP contribution in [0, 0.1) is 12.3 Å². The number of pyridine rings is 1. The maximum Gasteiger partial charge on any atom is 0.240 e. The molecule has 0 atom stereocenters. The zero-order valence-electron chi connectivity index (χ0n) is 14.5. The number of rotatable bonds is 7. The Balaban J connectivity index is 1.69. The van der Waals surface area contributed by atoms with E-state index in [1.54, 1.807) is 42.6 Å². The van der Waals surface area contributed by atoms with Crippen molar-refractivity contribution < 1.29 is 13.2 Å². The minimum Gasteiger partial charge on any atom is -0.481 e. The number of terminal acetylenes is 1. The second-order valence-electron chi connectivity index (χ2n) is 5.69. The number of sulfonamides is 1. The monoisotopic (exact) mass is 378 g/mol. The lowest BCUT2D eigenvalue weighted by Gasteiger charge is -2.08. The Kier molecular flexibility index (Phi) is 5.87. The predicted molar refractivity (Wildman–Crippen MR) is 104 cm³/mol. The maximum atomic E-state index is 12.4. The van der Waals surface area contributed by atoms with E-state index in [0.29, 0.717) is 11.4 Å². The summed E-state index contributed by atoms with van der Waals surface area (Å²) in [7, 11) is -3.60. The lowest BCUT2D eigenvalue weighted by molar-refractivity contribution is 0.370. The first kappa shape index (κ1) is 18.6. The molecule has 136 valence electrons. The van der Waals surface area contributed by atoms with E-state index in [2.05, 4.69) is 15.6 Å². The Labute approximate surface area is 159 Å². The minimum atomic E-state index is -3.60. The van der Waals surface area contributed by atoms with E-state index in [4.69, 9.17) is 11.2 Å². The molecule has 0 aliphatic rings. The van der Waals surface area contributed by atoms with Crippen LogP contribution in [-0.4, -0.2) is 20.0 Å². The summed E-state index contributed by atoms with van der Waals surface area (Å²) in [6.07, 6.45) is 6.79. The SMILES string of the molecule is C#CCOc1ccc(-c2ccc(S(=O)(=O)NCc3ccccn3)cc2)cc1. The summed E-state index contributed by atoms with van der Waals surface area (Å²) in [4.78, 5) is 4.31. The molecular formula is C21H18N2O3S. The Hall–Kier alpha value is -3.14. The Bertz CT molecular complexity index is 1020. The molecule has 3 rings (SSSR count). The number of ether oxygens (including phenoxy) is 1. The molecule has 27 heavy (non-hydrogen) atoms. The van der Waals surface area contributed by atoms with Gasteiger partial charge in [0.25, 0.3) is 0 Å². The van der Waals surface area contributed by atoms with Gasteiger partial charge in [-0.05, 0) is 47.5 Å². The first-order chi connectivity index (χ1) is 13.1. The van der Waals surface area contributed by atoms with Gasteiger partial charge in [-0.15, -0.1) is 6.42 Å². The van der Waals surface area contributed by atoms with Gasteiger partial charge in [-0.1, -0.05) is 36.3 Å². The molecule has 0 aliphatic heterocycles. The van der Waals surface area contributed by atoms with Crippen LogP contribution in [0.2, 0.25) is 0 Å². The molecule has 5 nitrogen and oxygen atoms in total. The predicted octanol–water partition coefficient (Wildman–Crippen LogP) is 3.24. The average Bonchev–Trinajstić information content (AvgIpc) is 2.72. The highest BCUT2D eigenvalue weighted by atomic mass is 32.2. The third-order valence-corrected chi connectivity index (χ3v) is 5.26. The molecule has 0 saturated carbocycles. The summed E-state index contributed by atoms with van der Waals surface area (Å²) in [6.45, 7) is 0.363. The summed E-state index contributed by atoms with van der Waals surface area (Å²) < 4.78 is 32.8. The van der Waals surface area contributed by atoms with Crippen LogP contribution in [0.25, 0.3) is 11.1 Å². The number of benzene rings is 2. The third-order valence-electron chi connectivity index (χ3n) is 3.84. The van der Waals surface area contributed by atoms with Crippen LogP contribution in [0.4, 0.5) is 0 Å². The average molecular weight is 378 g/mol. The summed E-state index contributed by atoms with van der Waals surface area (Å²) in [5.41, 5.74) is 2.51. The molecule has 0 radical (unpaired) electrons. The first-order valence-corrected chi connectivity index (χ1v) is 9.73. The van der Waals surface area contributed by atoms with Gasteiger partial charge in [0.1, 0.15) is 12.4 Å². The standard InChI is InChI=1S/C21H18N2O3S/c1-2-15-26-20-10-6-17(7-11-20)18-8-12-21(13-9-18)27(24,25)23-16-19-5-3-4-14-22-19/h1,3-14,23H,15-16H2. The van der Waals surface area contributed by atoms with Gasteiger partial charge < -0.3 is 4.74 Å². The van der Waals surface area contributed by atoms with E-state index in [1.165, 1.54) is 0 Å². The number of aromatic nitrogens is 1. The highest BCUT2D eigenvalue weighted by Crippen LogP contribution is 2.24. The molecule has 0 saturated heterocycles. The second kappa shape index (κ2) is 8.49. The Morgan fingerprint density at radius 3 is 2.22 bits per heavy atom. The van der Waals surface area contributed by atoms with Gasteiger partial charge >= 0.3 is 0 Å². The van der Waals surface area contributed by atoms with Crippen molar-refractivity contribution in [2.75, 3.05) is 6.61 Å². The van der Waals surface area contributed by atoms with Gasteiger partial charge in [-0.3, -0.25) is 4.98 Å². The van der Waals surface area contributed by atoms with Crippen molar-refractivity contribution in [3.8, 4) is 29.2 Å². The van der Waals surface area contributed by atoms with E-state index in [9.17, 15) is 8.42 Å². The summed E-state index contributed by atoms with van der Waals surface area (Å²) in [6, 6.07) is 19.5. The van der Waals surface area contributed by atoms with Crippen molar-refractivity contribution in [2.24, 2.45) is 0 Å². The molecule has 0 aliphatic carbocycles. The van der Waals surface area contributed by atoms with Crippen LogP contribution in [0.5, 0.6) is 5.75 Å². The molecule has 6 heteroatoms. The number of nitrogens with one attached hydrogen (secondary N) is 1. The van der Waals surface area contributed by atoms with Gasteiger partial charge in [0, 0.05) is 6.20 Å². The normalized spacial score (nSPS) is 10.9. The maximum absolute atomic E-state index is 12.4. The topological polar surface area (TPSA) is 68.3 Å². The third kappa shape index (κ3) is 4.94. The summed E-state index contributed by atoms with van der Waals surface area (Å²) in [5.74, 6) is 3.10. The van der Waals surface area contributed by atoms with Gasteiger partial charge in [0.15, 0.2) is 0 Å². The fourth-order valence-corrected chi connectivity index (χ4v) is 3.45.